The van der Waals surface area contributed by atoms with E-state index in [0.29, 0.717) is 39.9 Å². The molecule has 0 aromatic heterocycles. The number of fused-ring (bicyclic) bond motifs is 2. The molecule has 5 rings (SSSR count). The zero-order valence-corrected chi connectivity index (χ0v) is 48.2. The van der Waals surface area contributed by atoms with E-state index in [-0.39, 0.29) is 39.9 Å². The number of thioether (sulfide) groups is 1. The molecule has 1 heterocycles. The van der Waals surface area contributed by atoms with Crippen LogP contribution < -0.4 is 10.7 Å². The molecule has 1 aliphatic carbocycles. The number of phenols is 1. The van der Waals surface area contributed by atoms with Crippen LogP contribution in [0.25, 0.3) is 33.4 Å². The Morgan fingerprint density at radius 2 is 1.04 bits per heavy atom. The largest absolute Gasteiger partial charge is 0.508 e. The van der Waals surface area contributed by atoms with Crippen LogP contribution in [0, 0.1) is 0 Å². The molecule has 3 aromatic rings. The van der Waals surface area contributed by atoms with Crippen LogP contribution in [0.3, 0.4) is 0 Å². The van der Waals surface area contributed by atoms with Crippen molar-refractivity contribution in [3.05, 3.63) is 106 Å². The van der Waals surface area contributed by atoms with Gasteiger partial charge in [0.05, 0.1) is 5.56 Å². The van der Waals surface area contributed by atoms with Crippen LogP contribution in [0.2, 0.25) is 0 Å². The summed E-state index contributed by atoms with van der Waals surface area (Å²) in [7, 11) is 0. The molecule has 77 heavy (non-hydrogen) atoms. The lowest BCUT2D eigenvalue weighted by Crippen LogP contribution is -2.33. The van der Waals surface area contributed by atoms with Gasteiger partial charge in [0.25, 0.3) is 0 Å². The van der Waals surface area contributed by atoms with E-state index in [1.807, 2.05) is 30.3 Å². The number of nitrogens with one attached hydrogen (secondary N) is 1. The molecule has 3 N–H and O–H groups in total. The molecular weight excluding hydrogens is 977 g/mol. The fraction of sp³-hybridized carbons (Fsp3) is 0.582. The minimum absolute atomic E-state index is 0.0370. The molecule has 9 nitrogen and oxygen atoms in total. The summed E-state index contributed by atoms with van der Waals surface area (Å²) in [6, 6.07) is 23.2. The van der Waals surface area contributed by atoms with Crippen molar-refractivity contribution in [1.29, 1.82) is 0 Å². The number of unbranched alkanes of at least 4 members (excludes halogenated alkanes) is 30. The van der Waals surface area contributed by atoms with E-state index in [4.69, 9.17) is 4.42 Å². The molecule has 0 saturated carbocycles. The number of hydrogen-bond acceptors (Lipinski definition) is 7. The van der Waals surface area contributed by atoms with E-state index in [2.05, 4.69) is 24.1 Å². The zero-order chi connectivity index (χ0) is 54.7. The van der Waals surface area contributed by atoms with Gasteiger partial charge in [-0.1, -0.05) is 243 Å². The minimum atomic E-state index is -1.20. The predicted molar refractivity (Wildman–Crippen MR) is 324 cm³/mol. The Hall–Kier alpha value is -5.09. The van der Waals surface area contributed by atoms with Gasteiger partial charge in [-0.05, 0) is 60.4 Å². The Morgan fingerprint density at radius 3 is 1.53 bits per heavy atom. The number of hydrogen-bond donors (Lipinski definition) is 3. The molecule has 0 radical (unpaired) electrons. The van der Waals surface area contributed by atoms with Crippen LogP contribution >= 0.6 is 11.8 Å². The summed E-state index contributed by atoms with van der Waals surface area (Å²) in [6.45, 7) is 6.11. The number of aromatic hydroxyl groups is 1. The van der Waals surface area contributed by atoms with E-state index in [9.17, 15) is 29.4 Å². The molecule has 3 aromatic carbocycles. The minimum Gasteiger partial charge on any atom is -0.508 e. The maximum atomic E-state index is 14.3. The second-order valence-corrected chi connectivity index (χ2v) is 23.0. The molecule has 0 spiro atoms. The van der Waals surface area contributed by atoms with Gasteiger partial charge in [0.1, 0.15) is 22.3 Å². The van der Waals surface area contributed by atoms with E-state index in [0.717, 1.165) is 44.3 Å². The standard InChI is InChI=1S/C67H96N2O7S/c1-3-5-7-9-11-13-15-17-19-21-23-25-27-29-31-36-47-69(48-37-32-30-28-26-24-22-20-18-16-14-12-10-8-6-4-2)63(72)46-49-77-65(53-38-34-33-35-39-53)66(73)68-54-40-43-57(60(50-54)67(74)75)64-58-44-41-55(70)51-61(58)76-62-52-56(71)42-45-59(62)64/h33-35,38-45,50-52,65,70H,3-32,36-37,46-49H2,1-2H3,(H,68,73)(H,74,75). The summed E-state index contributed by atoms with van der Waals surface area (Å²) in [5, 5.41) is 23.7. The summed E-state index contributed by atoms with van der Waals surface area (Å²) in [6.07, 6.45) is 42.4. The Bertz CT molecular complexity index is 2430. The van der Waals surface area contributed by atoms with Gasteiger partial charge in [-0.3, -0.25) is 14.4 Å². The lowest BCUT2D eigenvalue weighted by molar-refractivity contribution is -0.131. The highest BCUT2D eigenvalue weighted by atomic mass is 32.2. The zero-order valence-electron chi connectivity index (χ0n) is 47.4. The molecule has 422 valence electrons. The van der Waals surface area contributed by atoms with Crippen molar-refractivity contribution in [3.8, 4) is 28.2 Å². The maximum absolute atomic E-state index is 14.3. The molecule has 0 saturated heterocycles. The third-order valence-corrected chi connectivity index (χ3v) is 16.6. The number of rotatable bonds is 43. The fourth-order valence-electron chi connectivity index (χ4n) is 10.8. The van der Waals surface area contributed by atoms with Crippen LogP contribution in [0.15, 0.2) is 94.1 Å². The molecular formula is C67H96N2O7S. The van der Waals surface area contributed by atoms with Crippen LogP contribution in [0.5, 0.6) is 5.75 Å². The van der Waals surface area contributed by atoms with Crippen LogP contribution in [0.1, 0.15) is 247 Å². The van der Waals surface area contributed by atoms with Crippen molar-refractivity contribution in [2.45, 2.75) is 231 Å². The number of carbonyl (C=O) groups excluding carboxylic acids is 2. The van der Waals surface area contributed by atoms with Gasteiger partial charge in [0.15, 0.2) is 5.43 Å². The first-order valence-electron chi connectivity index (χ1n) is 30.5. The van der Waals surface area contributed by atoms with Gasteiger partial charge in [-0.2, -0.15) is 0 Å². The number of carboxylic acids is 1. The van der Waals surface area contributed by atoms with Gasteiger partial charge in [0.2, 0.25) is 11.8 Å². The highest BCUT2D eigenvalue weighted by molar-refractivity contribution is 8.00. The van der Waals surface area contributed by atoms with Crippen molar-refractivity contribution >= 4 is 46.2 Å². The van der Waals surface area contributed by atoms with Crippen molar-refractivity contribution in [2.75, 3.05) is 24.2 Å². The van der Waals surface area contributed by atoms with Gasteiger partial charge in [-0.25, -0.2) is 4.79 Å². The molecule has 1 atom stereocenters. The first-order valence-corrected chi connectivity index (χ1v) is 31.6. The molecule has 1 unspecified atom stereocenters. The van der Waals surface area contributed by atoms with Crippen LogP contribution in [-0.4, -0.2) is 51.7 Å². The van der Waals surface area contributed by atoms with Crippen molar-refractivity contribution in [2.24, 2.45) is 0 Å². The van der Waals surface area contributed by atoms with Gasteiger partial charge >= 0.3 is 5.97 Å². The summed E-state index contributed by atoms with van der Waals surface area (Å²) >= 11 is 1.43. The number of aromatic carboxylic acids is 1. The SMILES string of the molecule is CCCCCCCCCCCCCCCCCCN(CCCCCCCCCCCCCCCCCC)C(=O)CCSC(C(=O)Nc1ccc(-c2c3ccc(=O)cc-3oc3cc(O)ccc23)c(C(=O)O)c1)c1ccccc1. The second kappa shape index (κ2) is 37.7. The van der Waals surface area contributed by atoms with Gasteiger partial charge < -0.3 is 24.8 Å². The number of benzene rings is 4. The summed E-state index contributed by atoms with van der Waals surface area (Å²) in [4.78, 5) is 55.8. The maximum Gasteiger partial charge on any atom is 0.336 e. The van der Waals surface area contributed by atoms with Crippen molar-refractivity contribution in [3.63, 3.8) is 0 Å². The molecule has 1 aliphatic heterocycles. The summed E-state index contributed by atoms with van der Waals surface area (Å²) in [5.41, 5.74) is 2.49. The molecule has 2 aliphatic rings. The first kappa shape index (κ1) is 62.7. The summed E-state index contributed by atoms with van der Waals surface area (Å²) in [5.74, 6) is -0.699. The van der Waals surface area contributed by atoms with E-state index in [1.165, 1.54) is 222 Å². The highest BCUT2D eigenvalue weighted by Gasteiger charge is 2.26. The number of amides is 2. The predicted octanol–water partition coefficient (Wildman–Crippen LogP) is 19.1. The second-order valence-electron chi connectivity index (χ2n) is 21.8. The average molecular weight is 1070 g/mol. The lowest BCUT2D eigenvalue weighted by Gasteiger charge is -2.24. The number of phenolic OH excluding ortho intramolecular Hbond substituents is 1. The fourth-order valence-corrected chi connectivity index (χ4v) is 11.9. The van der Waals surface area contributed by atoms with Crippen molar-refractivity contribution < 1.29 is 29.0 Å². The highest BCUT2D eigenvalue weighted by Crippen LogP contribution is 2.43. The van der Waals surface area contributed by atoms with Gasteiger partial charge in [0, 0.05) is 59.6 Å². The number of nitrogens with zero attached hydrogens (tertiary/aromatic N) is 1. The Kier molecular flexibility index (Phi) is 30.7. The van der Waals surface area contributed by atoms with E-state index < -0.39 is 11.2 Å². The van der Waals surface area contributed by atoms with Crippen LogP contribution in [0.4, 0.5) is 5.69 Å². The topological polar surface area (TPSA) is 137 Å². The third kappa shape index (κ3) is 23.4. The van der Waals surface area contributed by atoms with Crippen molar-refractivity contribution in [1.82, 2.24) is 4.90 Å². The normalized spacial score (nSPS) is 11.9. The third-order valence-electron chi connectivity index (χ3n) is 15.3. The first-order chi connectivity index (χ1) is 37.7. The van der Waals surface area contributed by atoms with E-state index in [1.54, 1.807) is 24.3 Å². The monoisotopic (exact) mass is 1070 g/mol. The lowest BCUT2D eigenvalue weighted by atomic mass is 9.90. The quantitative estimate of drug-likeness (QED) is 0.0259. The van der Waals surface area contributed by atoms with Crippen LogP contribution in [-0.2, 0) is 9.59 Å². The Labute approximate surface area is 467 Å². The Morgan fingerprint density at radius 1 is 0.558 bits per heavy atom. The Balaban J connectivity index is 1.13. The number of anilines is 1. The van der Waals surface area contributed by atoms with E-state index >= 15 is 0 Å². The molecule has 2 amide bonds. The number of carbonyl (C=O) groups is 3. The smallest absolute Gasteiger partial charge is 0.336 e. The average Bonchev–Trinajstić information content (AvgIpc) is 3.45. The molecule has 10 heteroatoms. The summed E-state index contributed by atoms with van der Waals surface area (Å²) < 4.78 is 6.00. The number of carboxylic acid groups (broad SMARTS) is 1. The van der Waals surface area contributed by atoms with Gasteiger partial charge in [-0.15, -0.1) is 11.8 Å². The molecule has 0 bridgehead atoms. The molecule has 0 fully saturated rings.